The van der Waals surface area contributed by atoms with E-state index in [1.165, 1.54) is 0 Å². The number of likely N-dealkylation sites (N-methyl/N-ethyl adjacent to an activating group) is 1. The molecule has 1 fully saturated rings. The second-order valence-corrected chi connectivity index (χ2v) is 7.12. The number of amides is 1. The fourth-order valence-corrected chi connectivity index (χ4v) is 3.29. The van der Waals surface area contributed by atoms with Crippen molar-refractivity contribution >= 4 is 11.8 Å². The summed E-state index contributed by atoms with van der Waals surface area (Å²) >= 11 is 0. The minimum Gasteiger partial charge on any atom is -0.340 e. The third-order valence-electron chi connectivity index (χ3n) is 4.82. The monoisotopic (exact) mass is 356 g/mol. The Balaban J connectivity index is 1.93. The first kappa shape index (κ1) is 18.5. The third kappa shape index (κ3) is 4.25. The van der Waals surface area contributed by atoms with Gasteiger partial charge >= 0.3 is 0 Å². The maximum atomic E-state index is 12.2. The van der Waals surface area contributed by atoms with Gasteiger partial charge in [-0.1, -0.05) is 35.5 Å². The average Bonchev–Trinajstić information content (AvgIpc) is 3.28. The Hall–Kier alpha value is -2.34. The lowest BCUT2D eigenvalue weighted by Crippen LogP contribution is -2.35. The highest BCUT2D eigenvalue weighted by Gasteiger charge is 2.26. The number of hydrogen-bond donors (Lipinski definition) is 0. The Kier molecular flexibility index (Phi) is 5.93. The van der Waals surface area contributed by atoms with Crippen LogP contribution >= 0.6 is 0 Å². The Labute approximate surface area is 155 Å². The van der Waals surface area contributed by atoms with Crippen LogP contribution in [-0.4, -0.2) is 61.1 Å². The van der Waals surface area contributed by atoms with Crippen molar-refractivity contribution in [2.45, 2.75) is 26.3 Å². The highest BCUT2D eigenvalue weighted by Crippen LogP contribution is 2.34. The maximum absolute atomic E-state index is 12.2. The lowest BCUT2D eigenvalue weighted by molar-refractivity contribution is -0.129. The van der Waals surface area contributed by atoms with Gasteiger partial charge in [0.1, 0.15) is 5.69 Å². The second-order valence-electron chi connectivity index (χ2n) is 7.12. The van der Waals surface area contributed by atoms with Gasteiger partial charge in [-0.05, 0) is 26.9 Å². The Morgan fingerprint density at radius 2 is 1.85 bits per heavy atom. The summed E-state index contributed by atoms with van der Waals surface area (Å²) in [4.78, 5) is 18.4. The molecular formula is C20H28N4O2. The molecular weight excluding hydrogens is 328 g/mol. The minimum absolute atomic E-state index is 0.0689. The fraction of sp³-hybridized carbons (Fsp3) is 0.500. The predicted molar refractivity (Wildman–Crippen MR) is 103 cm³/mol. The molecule has 0 aliphatic carbocycles. The minimum atomic E-state index is 0.0689. The summed E-state index contributed by atoms with van der Waals surface area (Å²) in [7, 11) is 4.03. The van der Waals surface area contributed by atoms with Crippen LogP contribution in [-0.2, 0) is 11.3 Å². The number of carbonyl (C=O) groups is 1. The molecule has 26 heavy (non-hydrogen) atoms. The number of benzene rings is 1. The molecule has 6 nitrogen and oxygen atoms in total. The van der Waals surface area contributed by atoms with Crippen molar-refractivity contribution in [3.8, 4) is 11.3 Å². The summed E-state index contributed by atoms with van der Waals surface area (Å²) in [6.45, 7) is 5.61. The molecule has 1 amide bonds. The van der Waals surface area contributed by atoms with Gasteiger partial charge in [-0.3, -0.25) is 4.79 Å². The third-order valence-corrected chi connectivity index (χ3v) is 4.82. The molecule has 0 N–H and O–H groups in total. The number of hydrogen-bond acceptors (Lipinski definition) is 5. The number of nitrogens with zero attached hydrogens (tertiary/aromatic N) is 4. The molecule has 1 aromatic heterocycles. The molecule has 0 radical (unpaired) electrons. The van der Waals surface area contributed by atoms with Crippen LogP contribution in [0.2, 0.25) is 0 Å². The smallest absolute Gasteiger partial charge is 0.232 e. The van der Waals surface area contributed by atoms with Gasteiger partial charge in [0.05, 0.1) is 12.1 Å². The van der Waals surface area contributed by atoms with Crippen molar-refractivity contribution in [2.75, 3.05) is 45.2 Å². The lowest BCUT2D eigenvalue weighted by atomic mass is 10.1. The summed E-state index contributed by atoms with van der Waals surface area (Å²) in [5, 5.41) is 4.37. The number of carbonyl (C=O) groups excluding carboxylic acids is 1. The zero-order chi connectivity index (χ0) is 18.5. The van der Waals surface area contributed by atoms with Crippen LogP contribution < -0.4 is 4.90 Å². The van der Waals surface area contributed by atoms with E-state index in [9.17, 15) is 4.79 Å². The number of rotatable bonds is 7. The highest BCUT2D eigenvalue weighted by atomic mass is 16.5. The van der Waals surface area contributed by atoms with Crippen molar-refractivity contribution in [3.05, 3.63) is 35.9 Å². The van der Waals surface area contributed by atoms with Crippen LogP contribution in [0, 0.1) is 0 Å². The van der Waals surface area contributed by atoms with Crippen LogP contribution in [0.3, 0.4) is 0 Å². The van der Waals surface area contributed by atoms with Gasteiger partial charge in [-0.2, -0.15) is 0 Å². The maximum Gasteiger partial charge on any atom is 0.232 e. The molecule has 3 rings (SSSR count). The molecule has 0 unspecified atom stereocenters. The van der Waals surface area contributed by atoms with Gasteiger partial charge in [0, 0.05) is 38.7 Å². The van der Waals surface area contributed by atoms with Crippen LogP contribution in [0.5, 0.6) is 0 Å². The quantitative estimate of drug-likeness (QED) is 0.764. The van der Waals surface area contributed by atoms with Crippen molar-refractivity contribution in [1.29, 1.82) is 0 Å². The zero-order valence-electron chi connectivity index (χ0n) is 15.9. The summed E-state index contributed by atoms with van der Waals surface area (Å²) in [6.07, 6.45) is 2.33. The van der Waals surface area contributed by atoms with Gasteiger partial charge in [-0.15, -0.1) is 0 Å². The molecule has 1 aliphatic rings. The molecule has 1 aromatic carbocycles. The van der Waals surface area contributed by atoms with E-state index >= 15 is 0 Å². The SMILES string of the molecule is CC(=O)N(CCN(C)C)Cc1c(-c2ccccc2)noc1N1CCCC1. The largest absolute Gasteiger partial charge is 0.340 e. The fourth-order valence-electron chi connectivity index (χ4n) is 3.29. The molecule has 0 atom stereocenters. The normalized spacial score (nSPS) is 14.2. The molecule has 2 heterocycles. The summed E-state index contributed by atoms with van der Waals surface area (Å²) in [5.74, 6) is 0.886. The molecule has 1 aliphatic heterocycles. The highest BCUT2D eigenvalue weighted by molar-refractivity contribution is 5.75. The van der Waals surface area contributed by atoms with Crippen molar-refractivity contribution in [3.63, 3.8) is 0 Å². The zero-order valence-corrected chi connectivity index (χ0v) is 15.9. The van der Waals surface area contributed by atoms with E-state index in [-0.39, 0.29) is 5.91 Å². The summed E-state index contributed by atoms with van der Waals surface area (Å²) < 4.78 is 5.77. The molecule has 140 valence electrons. The van der Waals surface area contributed by atoms with Gasteiger partial charge in [0.25, 0.3) is 0 Å². The standard InChI is InChI=1S/C20H28N4O2/c1-16(25)24(14-13-22(2)3)15-18-19(17-9-5-4-6-10-17)21-26-20(18)23-11-7-8-12-23/h4-6,9-10H,7-8,11-15H2,1-3H3. The first-order valence-corrected chi connectivity index (χ1v) is 9.25. The first-order chi connectivity index (χ1) is 12.6. The van der Waals surface area contributed by atoms with E-state index in [1.54, 1.807) is 6.92 Å². The lowest BCUT2D eigenvalue weighted by Gasteiger charge is -2.24. The first-order valence-electron chi connectivity index (χ1n) is 9.25. The molecule has 0 bridgehead atoms. The van der Waals surface area contributed by atoms with Crippen molar-refractivity contribution < 1.29 is 9.32 Å². The van der Waals surface area contributed by atoms with Crippen LogP contribution in [0.1, 0.15) is 25.3 Å². The van der Waals surface area contributed by atoms with Crippen LogP contribution in [0.4, 0.5) is 5.88 Å². The average molecular weight is 356 g/mol. The Morgan fingerprint density at radius 1 is 1.15 bits per heavy atom. The molecule has 1 saturated heterocycles. The molecule has 2 aromatic rings. The van der Waals surface area contributed by atoms with E-state index in [1.807, 2.05) is 49.3 Å². The molecule has 0 saturated carbocycles. The van der Waals surface area contributed by atoms with Gasteiger partial charge < -0.3 is 19.2 Å². The van der Waals surface area contributed by atoms with Crippen molar-refractivity contribution in [1.82, 2.24) is 15.0 Å². The number of anilines is 1. The summed E-state index contributed by atoms with van der Waals surface area (Å²) in [6, 6.07) is 10.1. The van der Waals surface area contributed by atoms with E-state index in [2.05, 4.69) is 15.0 Å². The topological polar surface area (TPSA) is 52.8 Å². The molecule has 0 spiro atoms. The summed E-state index contributed by atoms with van der Waals surface area (Å²) in [5.41, 5.74) is 2.86. The Morgan fingerprint density at radius 3 is 2.46 bits per heavy atom. The van der Waals surface area contributed by atoms with E-state index < -0.39 is 0 Å². The van der Waals surface area contributed by atoms with Gasteiger partial charge in [0.2, 0.25) is 11.8 Å². The number of aromatic nitrogens is 1. The van der Waals surface area contributed by atoms with Crippen LogP contribution in [0.15, 0.2) is 34.9 Å². The van der Waals surface area contributed by atoms with E-state index in [0.29, 0.717) is 13.1 Å². The van der Waals surface area contributed by atoms with E-state index in [0.717, 1.165) is 55.2 Å². The van der Waals surface area contributed by atoms with Crippen LogP contribution in [0.25, 0.3) is 11.3 Å². The Bertz CT molecular complexity index is 721. The van der Waals surface area contributed by atoms with E-state index in [4.69, 9.17) is 4.52 Å². The second kappa shape index (κ2) is 8.36. The molecule has 6 heteroatoms. The predicted octanol–water partition coefficient (Wildman–Crippen LogP) is 2.85. The van der Waals surface area contributed by atoms with Gasteiger partial charge in [0.15, 0.2) is 0 Å². The van der Waals surface area contributed by atoms with Gasteiger partial charge in [-0.25, -0.2) is 0 Å². The van der Waals surface area contributed by atoms with Crippen molar-refractivity contribution in [2.24, 2.45) is 0 Å².